The zero-order chi connectivity index (χ0) is 24.6. The molecule has 1 heterocycles. The van der Waals surface area contributed by atoms with Crippen LogP contribution < -0.4 is 15.4 Å². The average molecular weight is 490 g/mol. The molecule has 2 aromatic rings. The van der Waals surface area contributed by atoms with Crippen molar-refractivity contribution in [2.45, 2.75) is 30.6 Å². The van der Waals surface area contributed by atoms with Crippen LogP contribution in [0.5, 0.6) is 5.75 Å². The molecule has 10 heteroatoms. The highest BCUT2D eigenvalue weighted by atomic mass is 32.2. The lowest BCUT2D eigenvalue weighted by Gasteiger charge is -2.21. The second-order valence-corrected chi connectivity index (χ2v) is 9.87. The molecule has 0 aliphatic carbocycles. The number of carbonyl (C=O) groups excluding carboxylic acids is 2. The van der Waals surface area contributed by atoms with Crippen molar-refractivity contribution < 1.29 is 27.5 Å². The van der Waals surface area contributed by atoms with E-state index in [0.29, 0.717) is 31.9 Å². The minimum absolute atomic E-state index is 0.0333. The van der Waals surface area contributed by atoms with Gasteiger partial charge in [-0.3, -0.25) is 9.59 Å². The average Bonchev–Trinajstić information content (AvgIpc) is 3.14. The summed E-state index contributed by atoms with van der Waals surface area (Å²) in [4.78, 5) is 25.8. The first kappa shape index (κ1) is 25.7. The van der Waals surface area contributed by atoms with Gasteiger partial charge in [-0.15, -0.1) is 0 Å². The summed E-state index contributed by atoms with van der Waals surface area (Å²) in [6.07, 6.45) is 3.62. The molecule has 1 aliphatic rings. The predicted octanol–water partition coefficient (Wildman–Crippen LogP) is 2.89. The predicted molar refractivity (Wildman–Crippen MR) is 129 cm³/mol. The maximum absolute atomic E-state index is 13.2. The first-order valence-electron chi connectivity index (χ1n) is 11.2. The largest absolute Gasteiger partial charge is 0.496 e. The Morgan fingerprint density at radius 2 is 1.65 bits per heavy atom. The molecule has 0 atom stereocenters. The Bertz CT molecular complexity index is 1110. The van der Waals surface area contributed by atoms with Gasteiger partial charge >= 0.3 is 0 Å². The number of benzene rings is 2. The van der Waals surface area contributed by atoms with Crippen LogP contribution in [0.1, 0.15) is 46.4 Å². The molecule has 0 saturated carbocycles. The molecule has 2 aromatic carbocycles. The van der Waals surface area contributed by atoms with Gasteiger partial charge in [0, 0.05) is 26.7 Å². The summed E-state index contributed by atoms with van der Waals surface area (Å²) in [5.41, 5.74) is 0.637. The summed E-state index contributed by atoms with van der Waals surface area (Å²) in [6.45, 7) is 1.60. The molecule has 2 amide bonds. The summed E-state index contributed by atoms with van der Waals surface area (Å²) < 4.78 is 38.2. The lowest BCUT2D eigenvalue weighted by molar-refractivity contribution is 0.0938. The molecule has 34 heavy (non-hydrogen) atoms. The fourth-order valence-corrected chi connectivity index (χ4v) is 5.34. The van der Waals surface area contributed by atoms with E-state index in [1.165, 1.54) is 36.7 Å². The van der Waals surface area contributed by atoms with E-state index in [9.17, 15) is 18.0 Å². The van der Waals surface area contributed by atoms with E-state index >= 15 is 0 Å². The molecular formula is C24H31N3O6S. The summed E-state index contributed by atoms with van der Waals surface area (Å²) in [5, 5.41) is 5.44. The van der Waals surface area contributed by atoms with E-state index in [4.69, 9.17) is 9.47 Å². The number of hydrogen-bond donors (Lipinski definition) is 2. The van der Waals surface area contributed by atoms with Crippen LogP contribution in [0.25, 0.3) is 0 Å². The van der Waals surface area contributed by atoms with Crippen LogP contribution in [-0.4, -0.2) is 65.0 Å². The van der Waals surface area contributed by atoms with Crippen LogP contribution in [-0.2, 0) is 14.8 Å². The number of amides is 2. The van der Waals surface area contributed by atoms with E-state index in [-0.39, 0.29) is 27.7 Å². The third-order valence-corrected chi connectivity index (χ3v) is 7.52. The highest BCUT2D eigenvalue weighted by Crippen LogP contribution is 2.27. The van der Waals surface area contributed by atoms with E-state index in [1.807, 2.05) is 0 Å². The third-order valence-electron chi connectivity index (χ3n) is 5.63. The Hall–Kier alpha value is -2.95. The smallest absolute Gasteiger partial charge is 0.259 e. The van der Waals surface area contributed by atoms with E-state index in [0.717, 1.165) is 25.7 Å². The van der Waals surface area contributed by atoms with Crippen molar-refractivity contribution in [1.29, 1.82) is 0 Å². The van der Waals surface area contributed by atoms with Gasteiger partial charge in [-0.1, -0.05) is 25.0 Å². The first-order valence-corrected chi connectivity index (χ1v) is 12.7. The van der Waals surface area contributed by atoms with Crippen LogP contribution >= 0.6 is 0 Å². The van der Waals surface area contributed by atoms with Gasteiger partial charge in [0.25, 0.3) is 11.8 Å². The second kappa shape index (κ2) is 12.0. The van der Waals surface area contributed by atoms with E-state index in [2.05, 4.69) is 10.6 Å². The van der Waals surface area contributed by atoms with Gasteiger partial charge in [-0.05, 0) is 43.2 Å². The van der Waals surface area contributed by atoms with Crippen LogP contribution in [0, 0.1) is 0 Å². The Balaban J connectivity index is 1.87. The Labute approximate surface area is 200 Å². The van der Waals surface area contributed by atoms with Crippen molar-refractivity contribution >= 4 is 27.5 Å². The lowest BCUT2D eigenvalue weighted by Crippen LogP contribution is -2.32. The van der Waals surface area contributed by atoms with E-state index in [1.54, 1.807) is 24.3 Å². The minimum atomic E-state index is -3.75. The van der Waals surface area contributed by atoms with Crippen molar-refractivity contribution in [3.05, 3.63) is 53.6 Å². The summed E-state index contributed by atoms with van der Waals surface area (Å²) in [6, 6.07) is 10.8. The van der Waals surface area contributed by atoms with Crippen molar-refractivity contribution in [2.75, 3.05) is 45.8 Å². The number of methoxy groups -OCH3 is 2. The van der Waals surface area contributed by atoms with Gasteiger partial charge in [0.1, 0.15) is 5.75 Å². The quantitative estimate of drug-likeness (QED) is 0.524. The van der Waals surface area contributed by atoms with Crippen LogP contribution in [0.4, 0.5) is 5.69 Å². The zero-order valence-corrected chi connectivity index (χ0v) is 20.3. The summed E-state index contributed by atoms with van der Waals surface area (Å²) in [7, 11) is -0.806. The van der Waals surface area contributed by atoms with Crippen LogP contribution in [0.15, 0.2) is 47.4 Å². The molecular weight excluding hydrogens is 458 g/mol. The molecule has 3 rings (SSSR count). The fraction of sp³-hybridized carbons (Fsp3) is 0.417. The van der Waals surface area contributed by atoms with Gasteiger partial charge in [0.2, 0.25) is 10.0 Å². The summed E-state index contributed by atoms with van der Waals surface area (Å²) >= 11 is 0. The monoisotopic (exact) mass is 489 g/mol. The zero-order valence-electron chi connectivity index (χ0n) is 19.5. The first-order chi connectivity index (χ1) is 16.4. The molecule has 0 spiro atoms. The minimum Gasteiger partial charge on any atom is -0.496 e. The second-order valence-electron chi connectivity index (χ2n) is 7.93. The molecule has 9 nitrogen and oxygen atoms in total. The molecule has 1 fully saturated rings. The van der Waals surface area contributed by atoms with Crippen LogP contribution in [0.2, 0.25) is 0 Å². The SMILES string of the molecule is COCCNC(=O)c1ccccc1NC(=O)c1cc(S(=O)(=O)N2CCCCCC2)ccc1OC. The highest BCUT2D eigenvalue weighted by molar-refractivity contribution is 7.89. The molecule has 0 radical (unpaired) electrons. The highest BCUT2D eigenvalue weighted by Gasteiger charge is 2.27. The standard InChI is InChI=1S/C24H31N3O6S/c1-32-16-13-25-23(28)19-9-5-6-10-21(19)26-24(29)20-17-18(11-12-22(20)33-2)34(30,31)27-14-7-3-4-8-15-27/h5-6,9-12,17H,3-4,7-8,13-16H2,1-2H3,(H,25,28)(H,26,29). The molecule has 0 bridgehead atoms. The lowest BCUT2D eigenvalue weighted by atomic mass is 10.1. The number of nitrogens with zero attached hydrogens (tertiary/aromatic N) is 1. The molecule has 0 aromatic heterocycles. The normalized spacial score (nSPS) is 14.8. The van der Waals surface area contributed by atoms with Crippen molar-refractivity contribution in [3.8, 4) is 5.75 Å². The number of ether oxygens (including phenoxy) is 2. The van der Waals surface area contributed by atoms with Crippen LogP contribution in [0.3, 0.4) is 0 Å². The van der Waals surface area contributed by atoms with Gasteiger partial charge < -0.3 is 20.1 Å². The number of rotatable bonds is 9. The Kier molecular flexibility index (Phi) is 9.03. The number of para-hydroxylation sites is 1. The van der Waals surface area contributed by atoms with Gasteiger partial charge in [-0.25, -0.2) is 8.42 Å². The molecule has 1 aliphatic heterocycles. The van der Waals surface area contributed by atoms with Gasteiger partial charge in [-0.2, -0.15) is 4.31 Å². The van der Waals surface area contributed by atoms with E-state index < -0.39 is 15.9 Å². The van der Waals surface area contributed by atoms with Crippen molar-refractivity contribution in [1.82, 2.24) is 9.62 Å². The topological polar surface area (TPSA) is 114 Å². The Morgan fingerprint density at radius 3 is 2.32 bits per heavy atom. The van der Waals surface area contributed by atoms with Crippen molar-refractivity contribution in [2.24, 2.45) is 0 Å². The summed E-state index contributed by atoms with van der Waals surface area (Å²) in [5.74, 6) is -0.714. The van der Waals surface area contributed by atoms with Gasteiger partial charge in [0.15, 0.2) is 0 Å². The Morgan fingerprint density at radius 1 is 0.941 bits per heavy atom. The third kappa shape index (κ3) is 6.13. The number of nitrogens with one attached hydrogen (secondary N) is 2. The molecule has 2 N–H and O–H groups in total. The molecule has 184 valence electrons. The maximum Gasteiger partial charge on any atom is 0.259 e. The molecule has 1 saturated heterocycles. The molecule has 0 unspecified atom stereocenters. The number of sulfonamides is 1. The number of anilines is 1. The number of carbonyl (C=O) groups is 2. The number of hydrogen-bond acceptors (Lipinski definition) is 6. The van der Waals surface area contributed by atoms with Gasteiger partial charge in [0.05, 0.1) is 35.4 Å². The maximum atomic E-state index is 13.2. The van der Waals surface area contributed by atoms with Crippen molar-refractivity contribution in [3.63, 3.8) is 0 Å². The fourth-order valence-electron chi connectivity index (χ4n) is 3.80.